The number of benzene rings is 2. The molecule has 0 radical (unpaired) electrons. The van der Waals surface area contributed by atoms with Crippen LogP contribution in [0.15, 0.2) is 53.0 Å². The van der Waals surface area contributed by atoms with Gasteiger partial charge in [-0.3, -0.25) is 19.8 Å². The lowest BCUT2D eigenvalue weighted by molar-refractivity contribution is -0.121. The highest BCUT2D eigenvalue weighted by Crippen LogP contribution is 2.24. The minimum atomic E-state index is -0.788. The first kappa shape index (κ1) is 17.3. The van der Waals surface area contributed by atoms with Gasteiger partial charge in [-0.2, -0.15) is 0 Å². The summed E-state index contributed by atoms with van der Waals surface area (Å²) in [4.78, 5) is 38.0. The number of carbonyl (C=O) groups excluding carboxylic acids is 3. The van der Waals surface area contributed by atoms with E-state index in [1.165, 1.54) is 0 Å². The predicted octanol–water partition coefficient (Wildman–Crippen LogP) is 2.32. The van der Waals surface area contributed by atoms with Gasteiger partial charge in [-0.05, 0) is 42.8 Å². The van der Waals surface area contributed by atoms with Crippen LogP contribution in [0.2, 0.25) is 0 Å². The Bertz CT molecular complexity index is 836. The van der Waals surface area contributed by atoms with Gasteiger partial charge < -0.3 is 0 Å². The Morgan fingerprint density at radius 2 is 1.80 bits per heavy atom. The zero-order valence-corrected chi connectivity index (χ0v) is 15.0. The maximum absolute atomic E-state index is 12.5. The van der Waals surface area contributed by atoms with E-state index in [0.29, 0.717) is 11.3 Å². The van der Waals surface area contributed by atoms with Crippen LogP contribution >= 0.6 is 15.9 Å². The number of imide groups is 1. The standard InChI is InChI=1S/C18H16BrN3O3/c1-11-4-2-3-5-14(11)17(24)21-20-15-10-16(23)22(18(15)25)13-8-6-12(19)7-9-13/h2-9,15,20H,10H2,1H3,(H,21,24)/t15-/m1/s1. The second-order valence-electron chi connectivity index (χ2n) is 5.71. The SMILES string of the molecule is Cc1ccccc1C(=O)NN[C@@H]1CC(=O)N(c2ccc(Br)cc2)C1=O. The van der Waals surface area contributed by atoms with Crippen molar-refractivity contribution in [2.24, 2.45) is 0 Å². The highest BCUT2D eigenvalue weighted by molar-refractivity contribution is 9.10. The lowest BCUT2D eigenvalue weighted by atomic mass is 10.1. The van der Waals surface area contributed by atoms with Crippen LogP contribution in [-0.2, 0) is 9.59 Å². The van der Waals surface area contributed by atoms with Crippen molar-refractivity contribution in [3.8, 4) is 0 Å². The number of carbonyl (C=O) groups is 3. The third kappa shape index (κ3) is 3.62. The Labute approximate surface area is 153 Å². The van der Waals surface area contributed by atoms with Gasteiger partial charge in [-0.25, -0.2) is 10.3 Å². The fourth-order valence-electron chi connectivity index (χ4n) is 2.65. The second kappa shape index (κ2) is 7.16. The molecule has 0 bridgehead atoms. The van der Waals surface area contributed by atoms with Crippen LogP contribution < -0.4 is 15.8 Å². The van der Waals surface area contributed by atoms with E-state index < -0.39 is 11.9 Å². The molecule has 3 amide bonds. The molecule has 2 aromatic rings. The molecule has 0 unspecified atom stereocenters. The van der Waals surface area contributed by atoms with Gasteiger partial charge >= 0.3 is 0 Å². The summed E-state index contributed by atoms with van der Waals surface area (Å²) < 4.78 is 0.857. The van der Waals surface area contributed by atoms with Crippen LogP contribution in [0.25, 0.3) is 0 Å². The Morgan fingerprint density at radius 1 is 1.12 bits per heavy atom. The van der Waals surface area contributed by atoms with Gasteiger partial charge in [-0.1, -0.05) is 34.1 Å². The van der Waals surface area contributed by atoms with Crippen LogP contribution in [0.4, 0.5) is 5.69 Å². The summed E-state index contributed by atoms with van der Waals surface area (Å²) in [5.41, 5.74) is 7.04. The molecule has 0 aromatic heterocycles. The van der Waals surface area contributed by atoms with E-state index in [2.05, 4.69) is 26.8 Å². The van der Waals surface area contributed by atoms with Gasteiger partial charge in [0, 0.05) is 10.0 Å². The highest BCUT2D eigenvalue weighted by Gasteiger charge is 2.39. The lowest BCUT2D eigenvalue weighted by Gasteiger charge is -2.16. The molecule has 1 atom stereocenters. The normalized spacial score (nSPS) is 17.0. The number of hydrazine groups is 1. The summed E-state index contributed by atoms with van der Waals surface area (Å²) in [6.45, 7) is 1.83. The fraction of sp³-hybridized carbons (Fsp3) is 0.167. The molecule has 1 aliphatic rings. The van der Waals surface area contributed by atoms with Crippen molar-refractivity contribution in [3.05, 3.63) is 64.1 Å². The summed E-state index contributed by atoms with van der Waals surface area (Å²) >= 11 is 3.32. The van der Waals surface area contributed by atoms with Gasteiger partial charge in [0.2, 0.25) is 5.91 Å². The minimum absolute atomic E-state index is 0.0110. The number of halogens is 1. The Balaban J connectivity index is 1.67. The van der Waals surface area contributed by atoms with Crippen molar-refractivity contribution >= 4 is 39.3 Å². The zero-order valence-electron chi connectivity index (χ0n) is 13.5. The van der Waals surface area contributed by atoms with Gasteiger partial charge in [0.05, 0.1) is 12.1 Å². The number of anilines is 1. The first-order valence-electron chi connectivity index (χ1n) is 7.71. The number of hydrogen-bond donors (Lipinski definition) is 2. The van der Waals surface area contributed by atoms with Crippen molar-refractivity contribution in [2.45, 2.75) is 19.4 Å². The van der Waals surface area contributed by atoms with E-state index in [1.807, 2.05) is 19.1 Å². The summed E-state index contributed by atoms with van der Waals surface area (Å²) in [6, 6.07) is 13.2. The second-order valence-corrected chi connectivity index (χ2v) is 6.63. The minimum Gasteiger partial charge on any atom is -0.287 e. The molecule has 1 aliphatic heterocycles. The molecule has 2 aromatic carbocycles. The maximum Gasteiger partial charge on any atom is 0.265 e. The Hall–Kier alpha value is -2.51. The Morgan fingerprint density at radius 3 is 2.48 bits per heavy atom. The summed E-state index contributed by atoms with van der Waals surface area (Å²) in [5, 5.41) is 0. The average molecular weight is 402 g/mol. The van der Waals surface area contributed by atoms with Crippen LogP contribution in [0, 0.1) is 6.92 Å². The molecular weight excluding hydrogens is 386 g/mol. The third-order valence-corrected chi connectivity index (χ3v) is 4.51. The van der Waals surface area contributed by atoms with Crippen molar-refractivity contribution in [2.75, 3.05) is 4.90 Å². The number of aryl methyl sites for hydroxylation is 1. The van der Waals surface area contributed by atoms with Gasteiger partial charge in [0.1, 0.15) is 6.04 Å². The van der Waals surface area contributed by atoms with Crippen LogP contribution in [-0.4, -0.2) is 23.8 Å². The monoisotopic (exact) mass is 401 g/mol. The fourth-order valence-corrected chi connectivity index (χ4v) is 2.92. The highest BCUT2D eigenvalue weighted by atomic mass is 79.9. The number of rotatable bonds is 4. The predicted molar refractivity (Wildman–Crippen MR) is 96.8 cm³/mol. The first-order valence-corrected chi connectivity index (χ1v) is 8.50. The number of amides is 3. The third-order valence-electron chi connectivity index (χ3n) is 3.98. The molecule has 128 valence electrons. The number of nitrogens with one attached hydrogen (secondary N) is 2. The van der Waals surface area contributed by atoms with Gasteiger partial charge in [0.15, 0.2) is 0 Å². The molecule has 0 saturated carbocycles. The smallest absolute Gasteiger partial charge is 0.265 e. The quantitative estimate of drug-likeness (QED) is 0.608. The Kier molecular flexibility index (Phi) is 4.96. The average Bonchev–Trinajstić information content (AvgIpc) is 2.88. The molecule has 3 rings (SSSR count). The van der Waals surface area contributed by atoms with E-state index in [9.17, 15) is 14.4 Å². The van der Waals surface area contributed by atoms with Gasteiger partial charge in [-0.15, -0.1) is 0 Å². The molecule has 7 heteroatoms. The molecule has 1 fully saturated rings. The summed E-state index contributed by atoms with van der Waals surface area (Å²) in [6.07, 6.45) is -0.0110. The molecule has 0 aliphatic carbocycles. The van der Waals surface area contributed by atoms with Crippen molar-refractivity contribution < 1.29 is 14.4 Å². The molecule has 1 heterocycles. The van der Waals surface area contributed by atoms with Gasteiger partial charge in [0.25, 0.3) is 11.8 Å². The van der Waals surface area contributed by atoms with Crippen LogP contribution in [0.3, 0.4) is 0 Å². The largest absolute Gasteiger partial charge is 0.287 e. The molecule has 1 saturated heterocycles. The zero-order chi connectivity index (χ0) is 18.0. The molecule has 2 N–H and O–H groups in total. The van der Waals surface area contributed by atoms with Crippen LogP contribution in [0.5, 0.6) is 0 Å². The number of nitrogens with zero attached hydrogens (tertiary/aromatic N) is 1. The molecule has 0 spiro atoms. The molecule has 6 nitrogen and oxygen atoms in total. The topological polar surface area (TPSA) is 78.5 Å². The summed E-state index contributed by atoms with van der Waals surface area (Å²) in [5.74, 6) is -1.05. The molecular formula is C18H16BrN3O3. The lowest BCUT2D eigenvalue weighted by Crippen LogP contribution is -2.48. The first-order chi connectivity index (χ1) is 12.0. The van der Waals surface area contributed by atoms with E-state index in [1.54, 1.807) is 36.4 Å². The van der Waals surface area contributed by atoms with E-state index in [4.69, 9.17) is 0 Å². The van der Waals surface area contributed by atoms with Crippen LogP contribution in [0.1, 0.15) is 22.3 Å². The van der Waals surface area contributed by atoms with E-state index in [-0.39, 0.29) is 18.2 Å². The number of hydrogen-bond acceptors (Lipinski definition) is 4. The van der Waals surface area contributed by atoms with Crippen molar-refractivity contribution in [1.29, 1.82) is 0 Å². The maximum atomic E-state index is 12.5. The van der Waals surface area contributed by atoms with E-state index in [0.717, 1.165) is 14.9 Å². The van der Waals surface area contributed by atoms with Crippen molar-refractivity contribution in [1.82, 2.24) is 10.9 Å². The molecule has 25 heavy (non-hydrogen) atoms. The summed E-state index contributed by atoms with van der Waals surface area (Å²) in [7, 11) is 0. The van der Waals surface area contributed by atoms with Crippen molar-refractivity contribution in [3.63, 3.8) is 0 Å². The van der Waals surface area contributed by atoms with E-state index >= 15 is 0 Å².